The molecular formula is C35H30Br2N4O6. The molecule has 12 heteroatoms. The van der Waals surface area contributed by atoms with Crippen LogP contribution in [-0.2, 0) is 9.59 Å². The molecule has 2 amide bonds. The molecule has 0 bridgehead atoms. The molecule has 240 valence electrons. The number of ether oxygens (including phenoxy) is 2. The first-order valence-electron chi connectivity index (χ1n) is 14.6. The highest BCUT2D eigenvalue weighted by molar-refractivity contribution is 9.10. The molecule has 0 saturated heterocycles. The van der Waals surface area contributed by atoms with Crippen molar-refractivity contribution in [3.05, 3.63) is 128 Å². The van der Waals surface area contributed by atoms with Crippen molar-refractivity contribution >= 4 is 68.0 Å². The molecule has 0 saturated carbocycles. The Balaban J connectivity index is 1.16. The second-order valence-corrected chi connectivity index (χ2v) is 11.9. The summed E-state index contributed by atoms with van der Waals surface area (Å²) in [5.41, 5.74) is 6.78. The number of hydrazone groups is 2. The molecule has 0 heterocycles. The summed E-state index contributed by atoms with van der Waals surface area (Å²) in [6.45, 7) is 0. The number of rotatable bonds is 14. The second kappa shape index (κ2) is 18.3. The summed E-state index contributed by atoms with van der Waals surface area (Å²) < 4.78 is 12.5. The molecule has 0 aromatic heterocycles. The van der Waals surface area contributed by atoms with E-state index in [0.717, 1.165) is 8.95 Å². The van der Waals surface area contributed by atoms with E-state index >= 15 is 0 Å². The van der Waals surface area contributed by atoms with Crippen LogP contribution in [-0.4, -0.2) is 36.2 Å². The zero-order valence-corrected chi connectivity index (χ0v) is 28.2. The van der Waals surface area contributed by atoms with Crippen molar-refractivity contribution in [1.29, 1.82) is 0 Å². The van der Waals surface area contributed by atoms with Gasteiger partial charge in [0.15, 0.2) is 0 Å². The zero-order chi connectivity index (χ0) is 33.4. The van der Waals surface area contributed by atoms with E-state index in [9.17, 15) is 19.2 Å². The van der Waals surface area contributed by atoms with Crippen molar-refractivity contribution < 1.29 is 28.7 Å². The van der Waals surface area contributed by atoms with Crippen LogP contribution in [0.1, 0.15) is 63.9 Å². The maximum Gasteiger partial charge on any atom is 0.343 e. The van der Waals surface area contributed by atoms with Crippen molar-refractivity contribution in [2.45, 2.75) is 32.1 Å². The van der Waals surface area contributed by atoms with Gasteiger partial charge in [0, 0.05) is 32.9 Å². The SMILES string of the molecule is O=C(CCCCCC(=O)N/N=C/c1cc(Br)ccc1OC(=O)c1ccccc1)N/N=C/c1cc(Br)ccc1OC(=O)c1ccccc1. The minimum Gasteiger partial charge on any atom is -0.422 e. The van der Waals surface area contributed by atoms with Crippen LogP contribution in [0.25, 0.3) is 0 Å². The maximum atomic E-state index is 12.5. The number of esters is 2. The number of carbonyl (C=O) groups excluding carboxylic acids is 4. The zero-order valence-electron chi connectivity index (χ0n) is 25.0. The van der Waals surface area contributed by atoms with Crippen molar-refractivity contribution in [2.75, 3.05) is 0 Å². The van der Waals surface area contributed by atoms with Gasteiger partial charge in [0.25, 0.3) is 0 Å². The molecule has 0 aliphatic carbocycles. The normalized spacial score (nSPS) is 10.9. The Hall–Kier alpha value is -4.94. The molecule has 10 nitrogen and oxygen atoms in total. The number of benzene rings is 4. The standard InChI is InChI=1S/C35H30Br2N4O6/c36-28-16-18-30(46-34(44)24-10-4-1-5-11-24)26(20-28)22-38-40-32(42)14-8-3-9-15-33(43)41-39-23-27-21-29(37)17-19-31(27)47-35(45)25-12-6-2-7-13-25/h1-2,4-7,10-13,16-23H,3,8-9,14-15H2,(H,40,42)(H,41,43)/b38-22+,39-23+. The fourth-order valence-electron chi connectivity index (χ4n) is 4.10. The number of hydrogen-bond donors (Lipinski definition) is 2. The molecule has 0 aliphatic rings. The van der Waals surface area contributed by atoms with Crippen LogP contribution in [0.2, 0.25) is 0 Å². The van der Waals surface area contributed by atoms with Gasteiger partial charge in [0.05, 0.1) is 23.6 Å². The first-order valence-corrected chi connectivity index (χ1v) is 16.1. The predicted octanol–water partition coefficient (Wildman–Crippen LogP) is 7.20. The average molecular weight is 762 g/mol. The van der Waals surface area contributed by atoms with Crippen LogP contribution in [0.3, 0.4) is 0 Å². The Morgan fingerprint density at radius 3 is 1.38 bits per heavy atom. The molecule has 4 aromatic rings. The molecule has 0 spiro atoms. The second-order valence-electron chi connectivity index (χ2n) is 10.0. The van der Waals surface area contributed by atoms with E-state index in [1.807, 2.05) is 12.1 Å². The Bertz CT molecular complexity index is 1640. The summed E-state index contributed by atoms with van der Waals surface area (Å²) >= 11 is 6.78. The van der Waals surface area contributed by atoms with Gasteiger partial charge < -0.3 is 9.47 Å². The highest BCUT2D eigenvalue weighted by Crippen LogP contribution is 2.24. The van der Waals surface area contributed by atoms with Gasteiger partial charge in [-0.3, -0.25) is 9.59 Å². The number of nitrogens with one attached hydrogen (secondary N) is 2. The van der Waals surface area contributed by atoms with Gasteiger partial charge in [-0.05, 0) is 73.5 Å². The molecule has 0 atom stereocenters. The largest absolute Gasteiger partial charge is 0.422 e. The van der Waals surface area contributed by atoms with Crippen molar-refractivity contribution in [3.8, 4) is 11.5 Å². The summed E-state index contributed by atoms with van der Waals surface area (Å²) in [6.07, 6.45) is 5.02. The molecule has 0 radical (unpaired) electrons. The van der Waals surface area contributed by atoms with Crippen LogP contribution in [0.4, 0.5) is 0 Å². The fraction of sp³-hybridized carbons (Fsp3) is 0.143. The highest BCUT2D eigenvalue weighted by atomic mass is 79.9. The van der Waals surface area contributed by atoms with Gasteiger partial charge in [-0.2, -0.15) is 10.2 Å². The minimum atomic E-state index is -0.507. The van der Waals surface area contributed by atoms with E-state index in [2.05, 4.69) is 52.9 Å². The molecule has 0 fully saturated rings. The van der Waals surface area contributed by atoms with E-state index in [1.54, 1.807) is 84.9 Å². The van der Waals surface area contributed by atoms with Gasteiger partial charge in [-0.15, -0.1) is 0 Å². The van der Waals surface area contributed by atoms with Crippen molar-refractivity contribution in [1.82, 2.24) is 10.9 Å². The van der Waals surface area contributed by atoms with E-state index in [1.165, 1.54) is 12.4 Å². The number of nitrogens with zero attached hydrogens (tertiary/aromatic N) is 2. The summed E-state index contributed by atoms with van der Waals surface area (Å²) in [4.78, 5) is 49.5. The molecule has 0 aliphatic heterocycles. The van der Waals surface area contributed by atoms with Crippen LogP contribution in [0, 0.1) is 0 Å². The molecule has 4 rings (SSSR count). The highest BCUT2D eigenvalue weighted by Gasteiger charge is 2.13. The number of amides is 2. The van der Waals surface area contributed by atoms with E-state index in [4.69, 9.17) is 9.47 Å². The van der Waals surface area contributed by atoms with E-state index in [-0.39, 0.29) is 24.7 Å². The van der Waals surface area contributed by atoms with Gasteiger partial charge >= 0.3 is 11.9 Å². The van der Waals surface area contributed by atoms with Crippen LogP contribution in [0.15, 0.2) is 116 Å². The lowest BCUT2D eigenvalue weighted by molar-refractivity contribution is -0.121. The van der Waals surface area contributed by atoms with Gasteiger partial charge in [0.2, 0.25) is 11.8 Å². The lowest BCUT2D eigenvalue weighted by Crippen LogP contribution is -2.18. The van der Waals surface area contributed by atoms with Gasteiger partial charge in [0.1, 0.15) is 11.5 Å². The summed E-state index contributed by atoms with van der Waals surface area (Å²) in [5.74, 6) is -0.991. The van der Waals surface area contributed by atoms with E-state index in [0.29, 0.717) is 53.0 Å². The van der Waals surface area contributed by atoms with Crippen molar-refractivity contribution in [3.63, 3.8) is 0 Å². The number of halogens is 2. The van der Waals surface area contributed by atoms with Gasteiger partial charge in [-0.1, -0.05) is 74.7 Å². The lowest BCUT2D eigenvalue weighted by Gasteiger charge is -2.08. The molecular weight excluding hydrogens is 732 g/mol. The predicted molar refractivity (Wildman–Crippen MR) is 186 cm³/mol. The van der Waals surface area contributed by atoms with Crippen LogP contribution >= 0.6 is 31.9 Å². The lowest BCUT2D eigenvalue weighted by atomic mass is 10.1. The van der Waals surface area contributed by atoms with E-state index < -0.39 is 11.9 Å². The minimum absolute atomic E-state index is 0.221. The summed E-state index contributed by atoms with van der Waals surface area (Å²) in [7, 11) is 0. The molecule has 2 N–H and O–H groups in total. The fourth-order valence-corrected chi connectivity index (χ4v) is 4.86. The first kappa shape index (κ1) is 34.9. The summed E-state index contributed by atoms with van der Waals surface area (Å²) in [5, 5.41) is 8.01. The van der Waals surface area contributed by atoms with Crippen LogP contribution < -0.4 is 20.3 Å². The summed E-state index contributed by atoms with van der Waals surface area (Å²) in [6, 6.07) is 27.4. The van der Waals surface area contributed by atoms with Crippen molar-refractivity contribution in [2.24, 2.45) is 10.2 Å². The maximum absolute atomic E-state index is 12.5. The third-order valence-corrected chi connectivity index (χ3v) is 7.45. The Labute approximate surface area is 288 Å². The average Bonchev–Trinajstić information content (AvgIpc) is 3.07. The quantitative estimate of drug-likeness (QED) is 0.0459. The Morgan fingerprint density at radius 1 is 0.574 bits per heavy atom. The Kier molecular flexibility index (Phi) is 13.6. The number of unbranched alkanes of at least 4 members (excludes halogenated alkanes) is 2. The molecule has 4 aromatic carbocycles. The van der Waals surface area contributed by atoms with Crippen LogP contribution in [0.5, 0.6) is 11.5 Å². The Morgan fingerprint density at radius 2 is 0.979 bits per heavy atom. The monoisotopic (exact) mass is 760 g/mol. The smallest absolute Gasteiger partial charge is 0.343 e. The molecule has 0 unspecified atom stereocenters. The third-order valence-electron chi connectivity index (χ3n) is 6.46. The van der Waals surface area contributed by atoms with Gasteiger partial charge in [-0.25, -0.2) is 20.4 Å². The number of hydrogen-bond acceptors (Lipinski definition) is 8. The topological polar surface area (TPSA) is 136 Å². The first-order chi connectivity index (χ1) is 22.8. The molecule has 47 heavy (non-hydrogen) atoms. The number of carbonyl (C=O) groups is 4. The third kappa shape index (κ3) is 11.7.